The Morgan fingerprint density at radius 3 is 2.93 bits per heavy atom. The summed E-state index contributed by atoms with van der Waals surface area (Å²) >= 11 is 0. The number of aryl methyl sites for hydroxylation is 2. The molecular weight excluding hydrogens is 198 g/mol. The first-order valence-electron chi connectivity index (χ1n) is 4.75. The van der Waals surface area contributed by atoms with E-state index in [1.807, 2.05) is 19.4 Å². The van der Waals surface area contributed by atoms with E-state index in [1.54, 1.807) is 4.68 Å². The van der Waals surface area contributed by atoms with Gasteiger partial charge in [0.2, 0.25) is 0 Å². The van der Waals surface area contributed by atoms with Gasteiger partial charge >= 0.3 is 0 Å². The lowest BCUT2D eigenvalue weighted by molar-refractivity contribution is 0.680. The van der Waals surface area contributed by atoms with Crippen molar-refractivity contribution in [2.75, 3.05) is 18.1 Å². The Morgan fingerprint density at radius 2 is 2.36 bits per heavy atom. The van der Waals surface area contributed by atoms with Crippen LogP contribution in [0.3, 0.4) is 0 Å². The van der Waals surface area contributed by atoms with E-state index in [9.17, 15) is 4.21 Å². The van der Waals surface area contributed by atoms with Crippen LogP contribution in [0, 0.1) is 0 Å². The van der Waals surface area contributed by atoms with E-state index in [1.165, 1.54) is 0 Å². The van der Waals surface area contributed by atoms with Crippen LogP contribution in [-0.2, 0) is 24.3 Å². The molecule has 1 rings (SSSR count). The Labute approximate surface area is 86.9 Å². The van der Waals surface area contributed by atoms with Crippen LogP contribution in [-0.4, -0.2) is 32.0 Å². The highest BCUT2D eigenvalue weighted by Gasteiger charge is 2.01. The molecule has 1 aromatic rings. The molecule has 80 valence electrons. The van der Waals surface area contributed by atoms with Crippen LogP contribution in [0.15, 0.2) is 12.4 Å². The molecule has 0 aliphatic heterocycles. The molecule has 0 aromatic carbocycles. The Morgan fingerprint density at radius 1 is 1.57 bits per heavy atom. The molecular formula is C9H17N3OS. The molecule has 0 aliphatic rings. The van der Waals surface area contributed by atoms with Gasteiger partial charge in [0, 0.05) is 35.5 Å². The van der Waals surface area contributed by atoms with Gasteiger partial charge in [-0.2, -0.15) is 5.10 Å². The van der Waals surface area contributed by atoms with Crippen molar-refractivity contribution in [3.8, 4) is 0 Å². The first-order valence-corrected chi connectivity index (χ1v) is 6.23. The second-order valence-corrected chi connectivity index (χ2v) is 4.96. The highest BCUT2D eigenvalue weighted by atomic mass is 32.2. The first kappa shape index (κ1) is 11.4. The minimum absolute atomic E-state index is 0.624. The van der Waals surface area contributed by atoms with Gasteiger partial charge in [-0.05, 0) is 24.9 Å². The summed E-state index contributed by atoms with van der Waals surface area (Å²) in [7, 11) is 1.16. The largest absolute Gasteiger partial charge is 0.330 e. The summed E-state index contributed by atoms with van der Waals surface area (Å²) in [5.41, 5.74) is 6.49. The minimum atomic E-state index is -0.728. The third-order valence-electron chi connectivity index (χ3n) is 1.95. The first-order chi connectivity index (χ1) is 6.72. The molecule has 0 spiro atoms. The van der Waals surface area contributed by atoms with Crippen molar-refractivity contribution < 1.29 is 4.21 Å². The Bertz CT molecular complexity index is 298. The number of nitrogens with two attached hydrogens (primary N) is 1. The average molecular weight is 215 g/mol. The van der Waals surface area contributed by atoms with Crippen LogP contribution in [0.5, 0.6) is 0 Å². The van der Waals surface area contributed by atoms with E-state index >= 15 is 0 Å². The molecule has 1 atom stereocenters. The lowest BCUT2D eigenvalue weighted by Crippen LogP contribution is -2.09. The fourth-order valence-corrected chi connectivity index (χ4v) is 2.34. The maximum absolute atomic E-state index is 11.4. The summed E-state index contributed by atoms with van der Waals surface area (Å²) in [5, 5.41) is 4.05. The second kappa shape index (κ2) is 5.93. The zero-order valence-corrected chi connectivity index (χ0v) is 9.30. The molecule has 2 N–H and O–H groups in total. The smallest absolute Gasteiger partial charge is 0.0521 e. The maximum Gasteiger partial charge on any atom is 0.0521 e. The van der Waals surface area contributed by atoms with Crippen LogP contribution in [0.25, 0.3) is 0 Å². The van der Waals surface area contributed by atoms with Gasteiger partial charge < -0.3 is 5.73 Å². The third-order valence-corrected chi connectivity index (χ3v) is 3.36. The number of nitrogens with zero attached hydrogens (tertiary/aromatic N) is 2. The minimum Gasteiger partial charge on any atom is -0.330 e. The number of aromatic nitrogens is 2. The van der Waals surface area contributed by atoms with Crippen LogP contribution >= 0.6 is 0 Å². The number of hydrogen-bond donors (Lipinski definition) is 1. The van der Waals surface area contributed by atoms with Gasteiger partial charge in [-0.25, -0.2) is 0 Å². The normalized spacial score (nSPS) is 13.0. The van der Waals surface area contributed by atoms with E-state index in [-0.39, 0.29) is 0 Å². The van der Waals surface area contributed by atoms with Crippen molar-refractivity contribution in [2.24, 2.45) is 12.8 Å². The highest BCUT2D eigenvalue weighted by molar-refractivity contribution is 7.84. The molecule has 0 amide bonds. The third kappa shape index (κ3) is 4.02. The molecule has 0 aliphatic carbocycles. The van der Waals surface area contributed by atoms with E-state index in [4.69, 9.17) is 5.73 Å². The topological polar surface area (TPSA) is 60.9 Å². The summed E-state index contributed by atoms with van der Waals surface area (Å²) in [6, 6.07) is 0. The van der Waals surface area contributed by atoms with Crippen molar-refractivity contribution in [2.45, 2.75) is 12.8 Å². The SMILES string of the molecule is Cn1cc(CCS(=O)CCCN)cn1. The van der Waals surface area contributed by atoms with Gasteiger partial charge in [0.1, 0.15) is 0 Å². The lowest BCUT2D eigenvalue weighted by atomic mass is 10.3. The van der Waals surface area contributed by atoms with E-state index < -0.39 is 10.8 Å². The zero-order valence-electron chi connectivity index (χ0n) is 8.48. The molecule has 0 saturated heterocycles. The monoisotopic (exact) mass is 215 g/mol. The number of hydrogen-bond acceptors (Lipinski definition) is 3. The highest BCUT2D eigenvalue weighted by Crippen LogP contribution is 1.99. The summed E-state index contributed by atoms with van der Waals surface area (Å²) in [6.07, 6.45) is 5.46. The molecule has 0 saturated carbocycles. The summed E-state index contributed by atoms with van der Waals surface area (Å²) < 4.78 is 13.2. The Balaban J connectivity index is 2.23. The van der Waals surface area contributed by atoms with Gasteiger partial charge in [-0.15, -0.1) is 0 Å². The van der Waals surface area contributed by atoms with Crippen LogP contribution < -0.4 is 5.73 Å². The number of rotatable bonds is 6. The van der Waals surface area contributed by atoms with Gasteiger partial charge in [-0.3, -0.25) is 8.89 Å². The van der Waals surface area contributed by atoms with E-state index in [0.717, 1.165) is 24.2 Å². The summed E-state index contributed by atoms with van der Waals surface area (Å²) in [5.74, 6) is 1.43. The van der Waals surface area contributed by atoms with Crippen molar-refractivity contribution in [1.29, 1.82) is 0 Å². The fraction of sp³-hybridized carbons (Fsp3) is 0.667. The van der Waals surface area contributed by atoms with Crippen molar-refractivity contribution in [3.63, 3.8) is 0 Å². The van der Waals surface area contributed by atoms with E-state index in [0.29, 0.717) is 12.3 Å². The van der Waals surface area contributed by atoms with Crippen molar-refractivity contribution >= 4 is 10.8 Å². The molecule has 5 heteroatoms. The molecule has 4 nitrogen and oxygen atoms in total. The quantitative estimate of drug-likeness (QED) is 0.730. The second-order valence-electron chi connectivity index (χ2n) is 3.26. The van der Waals surface area contributed by atoms with Crippen molar-refractivity contribution in [1.82, 2.24) is 9.78 Å². The predicted molar refractivity (Wildman–Crippen MR) is 58.5 cm³/mol. The lowest BCUT2D eigenvalue weighted by Gasteiger charge is -1.98. The molecule has 0 bridgehead atoms. The molecule has 1 heterocycles. The summed E-state index contributed by atoms with van der Waals surface area (Å²) in [6.45, 7) is 0.624. The average Bonchev–Trinajstić information content (AvgIpc) is 2.58. The van der Waals surface area contributed by atoms with Crippen LogP contribution in [0.1, 0.15) is 12.0 Å². The molecule has 1 aromatic heterocycles. The predicted octanol–water partition coefficient (Wildman–Crippen LogP) is 0.0601. The zero-order chi connectivity index (χ0) is 10.4. The van der Waals surface area contributed by atoms with E-state index in [2.05, 4.69) is 5.10 Å². The van der Waals surface area contributed by atoms with Crippen LogP contribution in [0.2, 0.25) is 0 Å². The fourth-order valence-electron chi connectivity index (χ4n) is 1.18. The van der Waals surface area contributed by atoms with Gasteiger partial charge in [0.15, 0.2) is 0 Å². The van der Waals surface area contributed by atoms with Crippen LogP contribution in [0.4, 0.5) is 0 Å². The standard InChI is InChI=1S/C9H17N3OS/c1-12-8-9(7-11-12)3-6-14(13)5-2-4-10/h7-8H,2-6,10H2,1H3. The maximum atomic E-state index is 11.4. The van der Waals surface area contributed by atoms with Gasteiger partial charge in [0.05, 0.1) is 6.20 Å². The van der Waals surface area contributed by atoms with Gasteiger partial charge in [-0.1, -0.05) is 0 Å². The van der Waals surface area contributed by atoms with Crippen molar-refractivity contribution in [3.05, 3.63) is 18.0 Å². The molecule has 0 fully saturated rings. The Kier molecular flexibility index (Phi) is 4.82. The molecule has 14 heavy (non-hydrogen) atoms. The summed E-state index contributed by atoms with van der Waals surface area (Å²) in [4.78, 5) is 0. The molecule has 1 unspecified atom stereocenters. The Hall–Kier alpha value is -0.680. The molecule has 0 radical (unpaired) electrons. The van der Waals surface area contributed by atoms with Gasteiger partial charge in [0.25, 0.3) is 0 Å².